The van der Waals surface area contributed by atoms with E-state index in [0.29, 0.717) is 35.4 Å². The summed E-state index contributed by atoms with van der Waals surface area (Å²) < 4.78 is 20.5. The third-order valence-electron chi connectivity index (χ3n) is 6.12. The van der Waals surface area contributed by atoms with Gasteiger partial charge in [0.25, 0.3) is 5.56 Å². The second-order valence-electron chi connectivity index (χ2n) is 7.54. The number of aryl methyl sites for hydroxylation is 1. The smallest absolute Gasteiger partial charge is 0.343 e. The molecule has 3 aromatic rings. The van der Waals surface area contributed by atoms with E-state index in [1.807, 2.05) is 6.92 Å². The van der Waals surface area contributed by atoms with Gasteiger partial charge in [0.2, 0.25) is 0 Å². The first-order valence-electron chi connectivity index (χ1n) is 9.67. The highest BCUT2D eigenvalue weighted by atomic mass is 19.1. The van der Waals surface area contributed by atoms with Gasteiger partial charge in [-0.3, -0.25) is 4.79 Å². The summed E-state index contributed by atoms with van der Waals surface area (Å²) in [5, 5.41) is 11.8. The lowest BCUT2D eigenvalue weighted by Gasteiger charge is -2.31. The van der Waals surface area contributed by atoms with Crippen LogP contribution in [0.3, 0.4) is 0 Å². The number of esters is 1. The van der Waals surface area contributed by atoms with Gasteiger partial charge in [0.1, 0.15) is 12.4 Å². The van der Waals surface area contributed by atoms with Crippen LogP contribution in [0.2, 0.25) is 0 Å². The minimum atomic E-state index is -1.86. The van der Waals surface area contributed by atoms with Crippen LogP contribution >= 0.6 is 0 Å². The van der Waals surface area contributed by atoms with E-state index in [-0.39, 0.29) is 30.0 Å². The molecule has 148 valence electrons. The molecule has 0 fully saturated rings. The van der Waals surface area contributed by atoms with E-state index in [2.05, 4.69) is 4.98 Å². The lowest BCUT2D eigenvalue weighted by Crippen LogP contribution is -2.44. The molecular weight excluding hydrogens is 375 g/mol. The summed E-state index contributed by atoms with van der Waals surface area (Å²) in [5.74, 6) is -1.13. The zero-order chi connectivity index (χ0) is 20.5. The number of carbonyl (C=O) groups excluding carboxylic acids is 1. The van der Waals surface area contributed by atoms with Crippen molar-refractivity contribution < 1.29 is 19.0 Å². The number of hydrogen-bond donors (Lipinski definition) is 1. The number of rotatable bonds is 2. The SMILES string of the molecule is CCc1c2c(nc3cc(F)ccc13)-c1cc3c(c(=O)n1C2)COC(=O)[C@]3(O)CC. The van der Waals surface area contributed by atoms with Crippen LogP contribution in [0.15, 0.2) is 29.1 Å². The fourth-order valence-electron chi connectivity index (χ4n) is 4.54. The van der Waals surface area contributed by atoms with Crippen molar-refractivity contribution in [2.75, 3.05) is 0 Å². The maximum Gasteiger partial charge on any atom is 0.343 e. The second kappa shape index (κ2) is 5.97. The molecule has 0 spiro atoms. The molecule has 0 radical (unpaired) electrons. The highest BCUT2D eigenvalue weighted by molar-refractivity contribution is 5.89. The minimum absolute atomic E-state index is 0.0884. The molecule has 29 heavy (non-hydrogen) atoms. The number of nitrogens with zero attached hydrogens (tertiary/aromatic N) is 2. The van der Waals surface area contributed by atoms with Gasteiger partial charge in [0.15, 0.2) is 5.60 Å². The summed E-state index contributed by atoms with van der Waals surface area (Å²) in [6.45, 7) is 3.86. The first-order valence-corrected chi connectivity index (χ1v) is 9.67. The van der Waals surface area contributed by atoms with Crippen LogP contribution in [-0.4, -0.2) is 20.6 Å². The Labute approximate surface area is 165 Å². The fraction of sp³-hybridized carbons (Fsp3) is 0.318. The molecule has 0 amide bonds. The number of pyridine rings is 2. The summed E-state index contributed by atoms with van der Waals surface area (Å²) in [5.41, 5.74) is 1.99. The number of benzene rings is 1. The monoisotopic (exact) mass is 394 g/mol. The number of aliphatic hydroxyl groups is 1. The molecule has 0 saturated heterocycles. The van der Waals surface area contributed by atoms with Gasteiger partial charge in [-0.15, -0.1) is 0 Å². The Balaban J connectivity index is 1.84. The lowest BCUT2D eigenvalue weighted by molar-refractivity contribution is -0.172. The van der Waals surface area contributed by atoms with Crippen molar-refractivity contribution in [2.45, 2.75) is 45.4 Å². The van der Waals surface area contributed by atoms with Crippen LogP contribution in [-0.2, 0) is 34.7 Å². The van der Waals surface area contributed by atoms with E-state index in [1.165, 1.54) is 12.1 Å². The zero-order valence-corrected chi connectivity index (χ0v) is 16.1. The minimum Gasteiger partial charge on any atom is -0.458 e. The highest BCUT2D eigenvalue weighted by Crippen LogP contribution is 2.40. The standard InChI is InChI=1S/C22H19FN2O4/c1-3-12-13-6-5-11(23)7-17(13)24-19-14(12)9-25-18(19)8-16-15(20(25)26)10-29-21(27)22(16,28)4-2/h5-8,28H,3-4,9-10H2,1-2H3/t22-/m0/s1. The Hall–Kier alpha value is -3.06. The predicted molar refractivity (Wildman–Crippen MR) is 104 cm³/mol. The van der Waals surface area contributed by atoms with E-state index in [4.69, 9.17) is 4.74 Å². The third-order valence-corrected chi connectivity index (χ3v) is 6.12. The Morgan fingerprint density at radius 2 is 2.03 bits per heavy atom. The summed E-state index contributed by atoms with van der Waals surface area (Å²) in [4.78, 5) is 30.1. The van der Waals surface area contributed by atoms with Gasteiger partial charge in [0, 0.05) is 22.6 Å². The van der Waals surface area contributed by atoms with Gasteiger partial charge in [0.05, 0.1) is 29.0 Å². The molecule has 7 heteroatoms. The molecule has 5 rings (SSSR count). The van der Waals surface area contributed by atoms with Crippen LogP contribution in [0.4, 0.5) is 4.39 Å². The number of aromatic nitrogens is 2. The largest absolute Gasteiger partial charge is 0.458 e. The Morgan fingerprint density at radius 1 is 1.24 bits per heavy atom. The maximum absolute atomic E-state index is 13.8. The van der Waals surface area contributed by atoms with Gasteiger partial charge >= 0.3 is 5.97 Å². The fourth-order valence-corrected chi connectivity index (χ4v) is 4.54. The molecule has 2 aromatic heterocycles. The van der Waals surface area contributed by atoms with Crippen molar-refractivity contribution in [1.29, 1.82) is 0 Å². The van der Waals surface area contributed by atoms with E-state index in [0.717, 1.165) is 16.5 Å². The first-order chi connectivity index (χ1) is 13.9. The Bertz CT molecular complexity index is 1280. The maximum atomic E-state index is 13.8. The quantitative estimate of drug-likeness (QED) is 0.529. The number of fused-ring (bicyclic) bond motifs is 5. The van der Waals surface area contributed by atoms with Crippen molar-refractivity contribution in [3.05, 3.63) is 62.7 Å². The normalized spacial score (nSPS) is 19.7. The molecule has 0 aliphatic carbocycles. The number of ether oxygens (including phenoxy) is 1. The van der Waals surface area contributed by atoms with Crippen LogP contribution in [0.25, 0.3) is 22.3 Å². The number of halogens is 1. The average molecular weight is 394 g/mol. The Morgan fingerprint density at radius 3 is 2.76 bits per heavy atom. The third kappa shape index (κ3) is 2.28. The topological polar surface area (TPSA) is 81.4 Å². The number of cyclic esters (lactones) is 1. The van der Waals surface area contributed by atoms with Crippen molar-refractivity contribution >= 4 is 16.9 Å². The zero-order valence-electron chi connectivity index (χ0n) is 16.1. The molecule has 1 N–H and O–H groups in total. The van der Waals surface area contributed by atoms with Crippen LogP contribution in [0, 0.1) is 5.82 Å². The molecule has 2 aliphatic heterocycles. The molecule has 0 bridgehead atoms. The predicted octanol–water partition coefficient (Wildman–Crippen LogP) is 2.78. The highest BCUT2D eigenvalue weighted by Gasteiger charge is 2.45. The van der Waals surface area contributed by atoms with Crippen LogP contribution < -0.4 is 5.56 Å². The molecule has 1 aromatic carbocycles. The van der Waals surface area contributed by atoms with E-state index >= 15 is 0 Å². The van der Waals surface area contributed by atoms with Crippen molar-refractivity contribution in [3.63, 3.8) is 0 Å². The van der Waals surface area contributed by atoms with Gasteiger partial charge in [-0.1, -0.05) is 13.8 Å². The van der Waals surface area contributed by atoms with Crippen molar-refractivity contribution in [2.24, 2.45) is 0 Å². The first kappa shape index (κ1) is 18.0. The average Bonchev–Trinajstić information content (AvgIpc) is 3.08. The molecule has 6 nitrogen and oxygen atoms in total. The molecule has 2 aliphatic rings. The Kier molecular flexibility index (Phi) is 3.70. The van der Waals surface area contributed by atoms with E-state index in [9.17, 15) is 19.1 Å². The second-order valence-corrected chi connectivity index (χ2v) is 7.54. The van der Waals surface area contributed by atoms with Crippen LogP contribution in [0.5, 0.6) is 0 Å². The van der Waals surface area contributed by atoms with Crippen molar-refractivity contribution in [1.82, 2.24) is 9.55 Å². The van der Waals surface area contributed by atoms with Gasteiger partial charge in [-0.05, 0) is 36.6 Å². The molecule has 4 heterocycles. The van der Waals surface area contributed by atoms with Gasteiger partial charge in [-0.25, -0.2) is 14.2 Å². The van der Waals surface area contributed by atoms with E-state index in [1.54, 1.807) is 23.6 Å². The van der Waals surface area contributed by atoms with Crippen molar-refractivity contribution in [3.8, 4) is 11.4 Å². The van der Waals surface area contributed by atoms with Crippen LogP contribution in [0.1, 0.15) is 42.5 Å². The molecule has 0 unspecified atom stereocenters. The molecular formula is C22H19FN2O4. The van der Waals surface area contributed by atoms with Gasteiger partial charge in [-0.2, -0.15) is 0 Å². The molecule has 1 atom stereocenters. The molecule has 0 saturated carbocycles. The summed E-state index contributed by atoms with van der Waals surface area (Å²) in [6, 6.07) is 6.18. The number of carbonyl (C=O) groups is 1. The number of hydrogen-bond acceptors (Lipinski definition) is 5. The van der Waals surface area contributed by atoms with E-state index < -0.39 is 11.6 Å². The summed E-state index contributed by atoms with van der Waals surface area (Å²) in [6.07, 6.45) is 0.793. The van der Waals surface area contributed by atoms with Gasteiger partial charge < -0.3 is 14.4 Å². The summed E-state index contributed by atoms with van der Waals surface area (Å²) >= 11 is 0. The lowest BCUT2D eigenvalue weighted by atomic mass is 9.86. The summed E-state index contributed by atoms with van der Waals surface area (Å²) in [7, 11) is 0.